The molecule has 0 radical (unpaired) electrons. The molecular formula is C15H22N2. The van der Waals surface area contributed by atoms with Crippen molar-refractivity contribution in [2.24, 2.45) is 0 Å². The molecule has 0 unspecified atom stereocenters. The van der Waals surface area contributed by atoms with Crippen molar-refractivity contribution in [1.82, 2.24) is 9.97 Å². The van der Waals surface area contributed by atoms with Gasteiger partial charge < -0.3 is 4.98 Å². The molecule has 0 atom stereocenters. The monoisotopic (exact) mass is 230 g/mol. The maximum absolute atomic E-state index is 4.83. The normalized spacial score (nSPS) is 12.4. The van der Waals surface area contributed by atoms with Gasteiger partial charge in [-0.15, -0.1) is 0 Å². The highest BCUT2D eigenvalue weighted by molar-refractivity contribution is 5.90. The number of aromatic nitrogens is 2. The van der Waals surface area contributed by atoms with Crippen LogP contribution in [-0.4, -0.2) is 9.97 Å². The van der Waals surface area contributed by atoms with E-state index in [2.05, 4.69) is 53.5 Å². The fourth-order valence-electron chi connectivity index (χ4n) is 2.33. The van der Waals surface area contributed by atoms with E-state index in [-0.39, 0.29) is 5.41 Å². The Hall–Kier alpha value is -1.31. The van der Waals surface area contributed by atoms with Crippen LogP contribution in [0.15, 0.2) is 0 Å². The molecule has 0 aromatic carbocycles. The molecule has 0 aliphatic rings. The zero-order chi connectivity index (χ0) is 13.0. The SMILES string of the molecule is Cc1nc(C(C)(C)C)c2c(C)c(C)[nH]c2c1C. The van der Waals surface area contributed by atoms with Crippen molar-refractivity contribution in [2.75, 3.05) is 0 Å². The van der Waals surface area contributed by atoms with E-state index < -0.39 is 0 Å². The summed E-state index contributed by atoms with van der Waals surface area (Å²) in [5.74, 6) is 0. The summed E-state index contributed by atoms with van der Waals surface area (Å²) < 4.78 is 0. The summed E-state index contributed by atoms with van der Waals surface area (Å²) in [5.41, 5.74) is 7.53. The summed E-state index contributed by atoms with van der Waals surface area (Å²) in [6.07, 6.45) is 0. The van der Waals surface area contributed by atoms with Gasteiger partial charge in [0.05, 0.1) is 11.2 Å². The minimum Gasteiger partial charge on any atom is -0.358 e. The van der Waals surface area contributed by atoms with Crippen molar-refractivity contribution in [3.63, 3.8) is 0 Å². The number of fused-ring (bicyclic) bond motifs is 1. The first-order chi connectivity index (χ1) is 7.73. The van der Waals surface area contributed by atoms with Crippen LogP contribution in [0.3, 0.4) is 0 Å². The smallest absolute Gasteiger partial charge is 0.0556 e. The highest BCUT2D eigenvalue weighted by Gasteiger charge is 2.23. The third kappa shape index (κ3) is 1.76. The van der Waals surface area contributed by atoms with E-state index in [0.29, 0.717) is 0 Å². The van der Waals surface area contributed by atoms with Gasteiger partial charge in [-0.2, -0.15) is 0 Å². The Bertz CT molecular complexity index is 583. The van der Waals surface area contributed by atoms with Crippen LogP contribution < -0.4 is 0 Å². The van der Waals surface area contributed by atoms with Crippen molar-refractivity contribution in [3.8, 4) is 0 Å². The molecule has 2 nitrogen and oxygen atoms in total. The number of hydrogen-bond acceptors (Lipinski definition) is 1. The van der Waals surface area contributed by atoms with Gasteiger partial charge in [0, 0.05) is 22.2 Å². The molecule has 2 heterocycles. The predicted molar refractivity (Wildman–Crippen MR) is 73.7 cm³/mol. The van der Waals surface area contributed by atoms with Crippen LogP contribution >= 0.6 is 0 Å². The first-order valence-corrected chi connectivity index (χ1v) is 6.20. The summed E-state index contributed by atoms with van der Waals surface area (Å²) in [5, 5.41) is 1.32. The topological polar surface area (TPSA) is 28.7 Å². The Kier molecular flexibility index (Phi) is 2.57. The molecule has 1 N–H and O–H groups in total. The lowest BCUT2D eigenvalue weighted by molar-refractivity contribution is 0.573. The maximum atomic E-state index is 4.83. The Labute approximate surface area is 103 Å². The first kappa shape index (κ1) is 12.2. The molecule has 0 spiro atoms. The second-order valence-electron chi connectivity index (χ2n) is 6.05. The average Bonchev–Trinajstić information content (AvgIpc) is 2.49. The van der Waals surface area contributed by atoms with Gasteiger partial charge in [0.25, 0.3) is 0 Å². The molecule has 17 heavy (non-hydrogen) atoms. The van der Waals surface area contributed by atoms with E-state index in [1.54, 1.807) is 0 Å². The van der Waals surface area contributed by atoms with Gasteiger partial charge in [-0.1, -0.05) is 20.8 Å². The maximum Gasteiger partial charge on any atom is 0.0556 e. The van der Waals surface area contributed by atoms with Gasteiger partial charge in [-0.25, -0.2) is 0 Å². The molecule has 2 heteroatoms. The number of nitrogens with zero attached hydrogens (tertiary/aromatic N) is 1. The van der Waals surface area contributed by atoms with Crippen molar-refractivity contribution in [2.45, 2.75) is 53.9 Å². The van der Waals surface area contributed by atoms with Crippen LogP contribution in [0.5, 0.6) is 0 Å². The molecule has 0 aliphatic carbocycles. The van der Waals surface area contributed by atoms with E-state index in [1.807, 2.05) is 0 Å². The Morgan fingerprint density at radius 1 is 0.941 bits per heavy atom. The quantitative estimate of drug-likeness (QED) is 0.725. The van der Waals surface area contributed by atoms with Crippen LogP contribution in [0.25, 0.3) is 10.9 Å². The van der Waals surface area contributed by atoms with Gasteiger partial charge in [0.15, 0.2) is 0 Å². The fraction of sp³-hybridized carbons (Fsp3) is 0.533. The third-order valence-corrected chi connectivity index (χ3v) is 3.64. The first-order valence-electron chi connectivity index (χ1n) is 6.20. The molecule has 92 valence electrons. The lowest BCUT2D eigenvalue weighted by atomic mass is 9.87. The van der Waals surface area contributed by atoms with E-state index in [0.717, 1.165) is 5.69 Å². The van der Waals surface area contributed by atoms with Crippen LogP contribution in [0.2, 0.25) is 0 Å². The van der Waals surface area contributed by atoms with E-state index in [1.165, 1.54) is 33.4 Å². The number of aryl methyl sites for hydroxylation is 4. The molecular weight excluding hydrogens is 208 g/mol. The van der Waals surface area contributed by atoms with Gasteiger partial charge >= 0.3 is 0 Å². The lowest BCUT2D eigenvalue weighted by Crippen LogP contribution is -2.15. The van der Waals surface area contributed by atoms with Crippen LogP contribution in [0.1, 0.15) is 49.0 Å². The Morgan fingerprint density at radius 2 is 1.53 bits per heavy atom. The zero-order valence-corrected chi connectivity index (χ0v) is 11.9. The average molecular weight is 230 g/mol. The lowest BCUT2D eigenvalue weighted by Gasteiger charge is -2.21. The molecule has 0 aliphatic heterocycles. The second kappa shape index (κ2) is 3.59. The van der Waals surface area contributed by atoms with Crippen LogP contribution in [0.4, 0.5) is 0 Å². The highest BCUT2D eigenvalue weighted by atomic mass is 14.8. The molecule has 2 rings (SSSR count). The van der Waals surface area contributed by atoms with Gasteiger partial charge in [-0.05, 0) is 38.8 Å². The minimum absolute atomic E-state index is 0.0795. The van der Waals surface area contributed by atoms with Crippen LogP contribution in [-0.2, 0) is 5.41 Å². The molecule has 0 fully saturated rings. The number of pyridine rings is 1. The molecule has 0 amide bonds. The summed E-state index contributed by atoms with van der Waals surface area (Å²) in [4.78, 5) is 8.33. The fourth-order valence-corrected chi connectivity index (χ4v) is 2.33. The molecule has 2 aromatic heterocycles. The van der Waals surface area contributed by atoms with Crippen molar-refractivity contribution >= 4 is 10.9 Å². The van der Waals surface area contributed by atoms with E-state index in [9.17, 15) is 0 Å². The van der Waals surface area contributed by atoms with Gasteiger partial charge in [-0.3, -0.25) is 4.98 Å². The summed E-state index contributed by atoms with van der Waals surface area (Å²) in [7, 11) is 0. The summed E-state index contributed by atoms with van der Waals surface area (Å²) in [6.45, 7) is 15.2. The van der Waals surface area contributed by atoms with E-state index >= 15 is 0 Å². The molecule has 0 saturated heterocycles. The molecule has 0 saturated carbocycles. The van der Waals surface area contributed by atoms with Crippen molar-refractivity contribution in [1.29, 1.82) is 0 Å². The second-order valence-corrected chi connectivity index (χ2v) is 6.05. The number of hydrogen-bond donors (Lipinski definition) is 1. The highest BCUT2D eigenvalue weighted by Crippen LogP contribution is 2.34. The summed E-state index contributed by atoms with van der Waals surface area (Å²) in [6, 6.07) is 0. The van der Waals surface area contributed by atoms with Gasteiger partial charge in [0.2, 0.25) is 0 Å². The van der Waals surface area contributed by atoms with Crippen LogP contribution in [0, 0.1) is 27.7 Å². The van der Waals surface area contributed by atoms with E-state index in [4.69, 9.17) is 4.98 Å². The predicted octanol–water partition coefficient (Wildman–Crippen LogP) is 4.09. The number of nitrogens with one attached hydrogen (secondary N) is 1. The number of H-pyrrole nitrogens is 1. The third-order valence-electron chi connectivity index (χ3n) is 3.64. The van der Waals surface area contributed by atoms with Crippen molar-refractivity contribution < 1.29 is 0 Å². The number of aromatic amines is 1. The molecule has 2 aromatic rings. The minimum atomic E-state index is 0.0795. The summed E-state index contributed by atoms with van der Waals surface area (Å²) >= 11 is 0. The Morgan fingerprint density at radius 3 is 2.06 bits per heavy atom. The zero-order valence-electron chi connectivity index (χ0n) is 11.9. The van der Waals surface area contributed by atoms with Gasteiger partial charge in [0.1, 0.15) is 0 Å². The Balaban J connectivity index is 2.99. The standard InChI is InChI=1S/C15H22N2/c1-8-10(3)16-13-9(2)11(4)17-14(12(8)13)15(5,6)7/h16H,1-7H3. The van der Waals surface area contributed by atoms with Crippen molar-refractivity contribution in [3.05, 3.63) is 28.2 Å². The molecule has 0 bridgehead atoms. The largest absolute Gasteiger partial charge is 0.358 e. The number of rotatable bonds is 0.